The molecule has 0 saturated carbocycles. The van der Waals surface area contributed by atoms with Crippen LogP contribution in [0.25, 0.3) is 0 Å². The summed E-state index contributed by atoms with van der Waals surface area (Å²) in [5.41, 5.74) is 0. The van der Waals surface area contributed by atoms with Gasteiger partial charge < -0.3 is 9.84 Å². The van der Waals surface area contributed by atoms with E-state index in [9.17, 15) is 14.4 Å². The van der Waals surface area contributed by atoms with Gasteiger partial charge in [0.1, 0.15) is 0 Å². The van der Waals surface area contributed by atoms with Crippen LogP contribution >= 0.6 is 0 Å². The van der Waals surface area contributed by atoms with E-state index < -0.39 is 12.1 Å². The largest absolute Gasteiger partial charge is 0.479 e. The number of hydrogen-bond donors (Lipinski definition) is 2. The number of amides is 2. The first kappa shape index (κ1) is 12.0. The van der Waals surface area contributed by atoms with Gasteiger partial charge in [-0.25, -0.2) is 4.79 Å². The molecule has 7 nitrogen and oxygen atoms in total. The average Bonchev–Trinajstić information content (AvgIpc) is 2.64. The van der Waals surface area contributed by atoms with Crippen molar-refractivity contribution < 1.29 is 24.2 Å². The minimum atomic E-state index is -0.958. The van der Waals surface area contributed by atoms with Crippen molar-refractivity contribution in [1.82, 2.24) is 10.2 Å². The second-order valence-electron chi connectivity index (χ2n) is 4.30. The predicted molar refractivity (Wildman–Crippen MR) is 55.1 cm³/mol. The van der Waals surface area contributed by atoms with Crippen LogP contribution in [0.4, 0.5) is 0 Å². The normalized spacial score (nSPS) is 30.4. The lowest BCUT2D eigenvalue weighted by molar-refractivity contribution is -0.150. The second-order valence-corrected chi connectivity index (χ2v) is 4.30. The number of carbonyl (C=O) groups is 3. The summed E-state index contributed by atoms with van der Waals surface area (Å²) in [6.45, 7) is 0.732. The molecule has 94 valence electrons. The van der Waals surface area contributed by atoms with Crippen LogP contribution < -0.4 is 5.32 Å². The molecular weight excluding hydrogens is 228 g/mol. The SMILES string of the molecule is O=C1CN(CC2CCC(C(=O)O)O2)CC(=O)N1. The molecule has 2 heterocycles. The van der Waals surface area contributed by atoms with Gasteiger partial charge in [0.2, 0.25) is 11.8 Å². The van der Waals surface area contributed by atoms with Gasteiger partial charge in [0.25, 0.3) is 0 Å². The molecule has 2 rings (SSSR count). The van der Waals surface area contributed by atoms with Crippen molar-refractivity contribution in [1.29, 1.82) is 0 Å². The molecule has 2 N–H and O–H groups in total. The van der Waals surface area contributed by atoms with Gasteiger partial charge in [0.05, 0.1) is 19.2 Å². The van der Waals surface area contributed by atoms with Gasteiger partial charge in [-0.15, -0.1) is 0 Å². The Bertz CT molecular complexity index is 341. The van der Waals surface area contributed by atoms with E-state index in [1.165, 1.54) is 0 Å². The van der Waals surface area contributed by atoms with E-state index in [2.05, 4.69) is 5.32 Å². The number of ether oxygens (including phenoxy) is 1. The third kappa shape index (κ3) is 3.01. The molecule has 2 saturated heterocycles. The van der Waals surface area contributed by atoms with Gasteiger partial charge in [-0.2, -0.15) is 0 Å². The number of rotatable bonds is 3. The standard InChI is InChI=1S/C10H14N2O5/c13-8-4-12(5-9(14)11-8)3-6-1-2-7(17-6)10(15)16/h6-7H,1-5H2,(H,15,16)(H,11,13,14). The van der Waals surface area contributed by atoms with E-state index in [0.717, 1.165) is 0 Å². The number of carbonyl (C=O) groups excluding carboxylic acids is 2. The van der Waals surface area contributed by atoms with Crippen molar-refractivity contribution in [3.8, 4) is 0 Å². The Morgan fingerprint density at radius 2 is 2.00 bits per heavy atom. The lowest BCUT2D eigenvalue weighted by Crippen LogP contribution is -2.53. The third-order valence-electron chi connectivity index (χ3n) is 2.86. The minimum absolute atomic E-state index is 0.156. The summed E-state index contributed by atoms with van der Waals surface area (Å²) in [5.74, 6) is -1.61. The van der Waals surface area contributed by atoms with Crippen molar-refractivity contribution in [3.05, 3.63) is 0 Å². The summed E-state index contributed by atoms with van der Waals surface area (Å²) in [6, 6.07) is 0. The molecule has 0 spiro atoms. The van der Waals surface area contributed by atoms with E-state index in [-0.39, 0.29) is 31.0 Å². The quantitative estimate of drug-likeness (QED) is 0.589. The van der Waals surface area contributed by atoms with Crippen molar-refractivity contribution >= 4 is 17.8 Å². The third-order valence-corrected chi connectivity index (χ3v) is 2.86. The summed E-state index contributed by atoms with van der Waals surface area (Å²) in [6.07, 6.45) is 0.154. The fourth-order valence-electron chi connectivity index (χ4n) is 2.14. The second kappa shape index (κ2) is 4.80. The number of nitrogens with one attached hydrogen (secondary N) is 1. The monoisotopic (exact) mass is 242 g/mol. The summed E-state index contributed by atoms with van der Waals surface area (Å²) >= 11 is 0. The Labute approximate surface area is 97.7 Å². The minimum Gasteiger partial charge on any atom is -0.479 e. The fraction of sp³-hybridized carbons (Fsp3) is 0.700. The van der Waals surface area contributed by atoms with Gasteiger partial charge in [-0.05, 0) is 12.8 Å². The molecule has 0 aromatic heterocycles. The maximum Gasteiger partial charge on any atom is 0.332 e. The van der Waals surface area contributed by atoms with E-state index in [1.807, 2.05) is 0 Å². The Morgan fingerprint density at radius 3 is 2.53 bits per heavy atom. The van der Waals surface area contributed by atoms with Crippen LogP contribution in [-0.2, 0) is 19.1 Å². The molecule has 0 aromatic rings. The lowest BCUT2D eigenvalue weighted by atomic mass is 10.2. The van der Waals surface area contributed by atoms with Gasteiger partial charge >= 0.3 is 5.97 Å². The van der Waals surface area contributed by atoms with Gasteiger partial charge in [0.15, 0.2) is 6.10 Å². The summed E-state index contributed by atoms with van der Waals surface area (Å²) in [5, 5.41) is 11.0. The Kier molecular flexibility index (Phi) is 3.39. The molecule has 7 heteroatoms. The van der Waals surface area contributed by atoms with Crippen LogP contribution in [0.5, 0.6) is 0 Å². The lowest BCUT2D eigenvalue weighted by Gasteiger charge is -2.27. The summed E-state index contributed by atoms with van der Waals surface area (Å²) in [4.78, 5) is 34.6. The maximum absolute atomic E-state index is 11.1. The highest BCUT2D eigenvalue weighted by molar-refractivity contribution is 5.99. The Balaban J connectivity index is 1.83. The zero-order valence-electron chi connectivity index (χ0n) is 9.22. The number of nitrogens with zero attached hydrogens (tertiary/aromatic N) is 1. The highest BCUT2D eigenvalue weighted by Gasteiger charge is 2.33. The molecule has 2 atom stereocenters. The number of imide groups is 1. The van der Waals surface area contributed by atoms with Crippen LogP contribution in [0.15, 0.2) is 0 Å². The van der Waals surface area contributed by atoms with E-state index >= 15 is 0 Å². The molecule has 0 aliphatic carbocycles. The maximum atomic E-state index is 11.1. The number of carboxylic acids is 1. The van der Waals surface area contributed by atoms with Crippen LogP contribution in [0.2, 0.25) is 0 Å². The van der Waals surface area contributed by atoms with Gasteiger partial charge in [-0.3, -0.25) is 19.8 Å². The first-order valence-corrected chi connectivity index (χ1v) is 5.48. The van der Waals surface area contributed by atoms with Gasteiger partial charge in [-0.1, -0.05) is 0 Å². The number of carboxylic acid groups (broad SMARTS) is 1. The van der Waals surface area contributed by atoms with E-state index in [4.69, 9.17) is 9.84 Å². The fourth-order valence-corrected chi connectivity index (χ4v) is 2.14. The van der Waals surface area contributed by atoms with E-state index in [0.29, 0.717) is 19.4 Å². The molecule has 0 aromatic carbocycles. The highest BCUT2D eigenvalue weighted by Crippen LogP contribution is 2.20. The Hall–Kier alpha value is -1.47. The number of piperazine rings is 1. The molecular formula is C10H14N2O5. The topological polar surface area (TPSA) is 95.9 Å². The van der Waals surface area contributed by atoms with Crippen molar-refractivity contribution in [2.45, 2.75) is 25.0 Å². The van der Waals surface area contributed by atoms with Crippen LogP contribution in [0.1, 0.15) is 12.8 Å². The zero-order valence-corrected chi connectivity index (χ0v) is 9.22. The number of aliphatic carboxylic acids is 1. The van der Waals surface area contributed by atoms with Gasteiger partial charge in [0, 0.05) is 6.54 Å². The first-order valence-electron chi connectivity index (χ1n) is 5.48. The molecule has 2 aliphatic heterocycles. The van der Waals surface area contributed by atoms with Crippen LogP contribution in [0.3, 0.4) is 0 Å². The molecule has 0 radical (unpaired) electrons. The zero-order chi connectivity index (χ0) is 12.4. The van der Waals surface area contributed by atoms with Crippen LogP contribution in [0, 0.1) is 0 Å². The summed E-state index contributed by atoms with van der Waals surface area (Å²) in [7, 11) is 0. The highest BCUT2D eigenvalue weighted by atomic mass is 16.5. The molecule has 2 unspecified atom stereocenters. The molecule has 2 amide bonds. The summed E-state index contributed by atoms with van der Waals surface area (Å²) < 4.78 is 5.31. The Morgan fingerprint density at radius 1 is 1.35 bits per heavy atom. The smallest absolute Gasteiger partial charge is 0.332 e. The van der Waals surface area contributed by atoms with Crippen molar-refractivity contribution in [3.63, 3.8) is 0 Å². The molecule has 2 fully saturated rings. The predicted octanol–water partition coefficient (Wildman–Crippen LogP) is -1.42. The van der Waals surface area contributed by atoms with E-state index in [1.54, 1.807) is 4.90 Å². The van der Waals surface area contributed by atoms with Crippen LogP contribution in [-0.4, -0.2) is 59.6 Å². The molecule has 2 aliphatic rings. The van der Waals surface area contributed by atoms with Crippen molar-refractivity contribution in [2.75, 3.05) is 19.6 Å². The molecule has 17 heavy (non-hydrogen) atoms. The first-order chi connectivity index (χ1) is 8.04. The molecule has 0 bridgehead atoms. The van der Waals surface area contributed by atoms with Crippen molar-refractivity contribution in [2.24, 2.45) is 0 Å². The number of hydrogen-bond acceptors (Lipinski definition) is 5. The average molecular weight is 242 g/mol.